The highest BCUT2D eigenvalue weighted by Crippen LogP contribution is 2.30. The lowest BCUT2D eigenvalue weighted by molar-refractivity contribution is -0.392. The van der Waals surface area contributed by atoms with Gasteiger partial charge in [-0.25, -0.2) is 28.8 Å². The van der Waals surface area contributed by atoms with Crippen LogP contribution >= 0.6 is 0 Å². The lowest BCUT2D eigenvalue weighted by Gasteiger charge is -2.38. The predicted octanol–water partition coefficient (Wildman–Crippen LogP) is 0.705. The summed E-state index contributed by atoms with van der Waals surface area (Å²) in [6.45, 7) is 7.71. The van der Waals surface area contributed by atoms with Crippen LogP contribution in [0.25, 0.3) is 0 Å². The standard InChI is InChI=1S/C33H32O16/c1-17(2)33(5)48-30(40)21(31(41)49-33)15-11-7-9-13-19-26(36)44-23(45-27(19)37)16-22-42-24(34)18(25(35)43-22)12-8-6-10-14-20-28(38)46-32(3,4)47-29(20)39/h6-15,17,22-23,34,36H,16H2,1-5H3/p-2/b10-6+,11-7+,12-8+,13-9+,21-15?. The van der Waals surface area contributed by atoms with E-state index in [1.165, 1.54) is 57.2 Å². The van der Waals surface area contributed by atoms with Gasteiger partial charge in [-0.3, -0.25) is 0 Å². The van der Waals surface area contributed by atoms with Crippen molar-refractivity contribution < 1.29 is 76.9 Å². The Morgan fingerprint density at radius 1 is 0.571 bits per heavy atom. The van der Waals surface area contributed by atoms with Crippen LogP contribution in [0, 0.1) is 5.92 Å². The molecule has 0 N–H and O–H groups in total. The molecule has 16 heteroatoms. The summed E-state index contributed by atoms with van der Waals surface area (Å²) in [5.74, 6) is -10.9. The minimum absolute atomic E-state index is 0.282. The first kappa shape index (κ1) is 35.8. The van der Waals surface area contributed by atoms with Crippen LogP contribution in [0.2, 0.25) is 0 Å². The second-order valence-electron chi connectivity index (χ2n) is 11.3. The number of carbonyl (C=O) groups excluding carboxylic acids is 6. The number of hydrogen-bond donors (Lipinski definition) is 0. The molecule has 0 saturated carbocycles. The number of hydrogen-bond acceptors (Lipinski definition) is 16. The van der Waals surface area contributed by atoms with E-state index in [0.717, 1.165) is 24.3 Å². The second kappa shape index (κ2) is 14.4. The first-order chi connectivity index (χ1) is 23.0. The number of allylic oxidation sites excluding steroid dienone is 8. The van der Waals surface area contributed by atoms with Crippen molar-refractivity contribution >= 4 is 35.8 Å². The average molecular weight is 683 g/mol. The van der Waals surface area contributed by atoms with Crippen LogP contribution < -0.4 is 10.2 Å². The zero-order chi connectivity index (χ0) is 36.1. The summed E-state index contributed by atoms with van der Waals surface area (Å²) >= 11 is 0. The van der Waals surface area contributed by atoms with Gasteiger partial charge in [-0.1, -0.05) is 50.3 Å². The van der Waals surface area contributed by atoms with E-state index in [0.29, 0.717) is 0 Å². The fraction of sp³-hybridized carbons (Fsp3) is 0.333. The second-order valence-corrected chi connectivity index (χ2v) is 11.3. The van der Waals surface area contributed by atoms with Crippen molar-refractivity contribution in [2.24, 2.45) is 5.92 Å². The third kappa shape index (κ3) is 8.65. The van der Waals surface area contributed by atoms with Crippen molar-refractivity contribution in [3.05, 3.63) is 94.9 Å². The zero-order valence-corrected chi connectivity index (χ0v) is 26.7. The van der Waals surface area contributed by atoms with Crippen molar-refractivity contribution in [1.29, 1.82) is 0 Å². The van der Waals surface area contributed by atoms with E-state index in [9.17, 15) is 39.0 Å². The van der Waals surface area contributed by atoms with Crippen LogP contribution in [0.15, 0.2) is 94.9 Å². The average Bonchev–Trinajstić information content (AvgIpc) is 2.96. The Kier molecular flexibility index (Phi) is 10.5. The molecule has 2 atom stereocenters. The number of carbonyl (C=O) groups is 6. The fourth-order valence-corrected chi connectivity index (χ4v) is 4.05. The molecule has 0 aliphatic carbocycles. The van der Waals surface area contributed by atoms with Gasteiger partial charge in [0, 0.05) is 33.1 Å². The van der Waals surface area contributed by atoms with Gasteiger partial charge in [0.15, 0.2) is 12.6 Å². The van der Waals surface area contributed by atoms with Gasteiger partial charge < -0.3 is 48.1 Å². The summed E-state index contributed by atoms with van der Waals surface area (Å²) in [4.78, 5) is 73.2. The van der Waals surface area contributed by atoms with Gasteiger partial charge in [-0.15, -0.1) is 0 Å². The minimum Gasteiger partial charge on any atom is -0.576 e. The Labute approximate surface area is 278 Å². The van der Waals surface area contributed by atoms with Gasteiger partial charge in [0.1, 0.15) is 11.1 Å². The molecule has 0 aromatic rings. The van der Waals surface area contributed by atoms with Crippen LogP contribution in [-0.4, -0.2) is 60.0 Å². The van der Waals surface area contributed by atoms with E-state index in [1.54, 1.807) is 13.8 Å². The van der Waals surface area contributed by atoms with E-state index in [2.05, 4.69) is 0 Å². The van der Waals surface area contributed by atoms with E-state index in [-0.39, 0.29) is 17.1 Å². The molecule has 0 aromatic carbocycles. The largest absolute Gasteiger partial charge is 0.576 e. The Hall–Kier alpha value is -6.06. The monoisotopic (exact) mass is 682 g/mol. The van der Waals surface area contributed by atoms with Gasteiger partial charge in [0.2, 0.25) is 0 Å². The van der Waals surface area contributed by atoms with Gasteiger partial charge in [-0.05, 0) is 24.3 Å². The molecule has 4 rings (SSSR count). The molecule has 4 heterocycles. The van der Waals surface area contributed by atoms with Gasteiger partial charge in [0.05, 0.1) is 23.0 Å². The molecule has 0 aromatic heterocycles. The zero-order valence-electron chi connectivity index (χ0n) is 26.7. The van der Waals surface area contributed by atoms with Crippen LogP contribution in [0.3, 0.4) is 0 Å². The van der Waals surface area contributed by atoms with Crippen molar-refractivity contribution in [3.8, 4) is 0 Å². The first-order valence-electron chi connectivity index (χ1n) is 14.6. The summed E-state index contributed by atoms with van der Waals surface area (Å²) < 4.78 is 40.5. The van der Waals surface area contributed by atoms with Gasteiger partial charge >= 0.3 is 35.8 Å². The molecule has 0 spiro atoms. The molecule has 2 unspecified atom stereocenters. The molecule has 4 aliphatic heterocycles. The van der Waals surface area contributed by atoms with Crippen LogP contribution in [0.4, 0.5) is 0 Å². The van der Waals surface area contributed by atoms with Crippen molar-refractivity contribution in [2.75, 3.05) is 0 Å². The first-order valence-corrected chi connectivity index (χ1v) is 14.6. The Balaban J connectivity index is 1.30. The van der Waals surface area contributed by atoms with Crippen LogP contribution in [0.5, 0.6) is 0 Å². The molecule has 4 aliphatic rings. The molecule has 0 bridgehead atoms. The summed E-state index contributed by atoms with van der Waals surface area (Å²) in [6.07, 6.45) is 8.40. The number of rotatable bonds is 9. The normalized spacial score (nSPS) is 26.1. The molecule has 0 amide bonds. The van der Waals surface area contributed by atoms with Crippen molar-refractivity contribution in [2.45, 2.75) is 65.2 Å². The number of esters is 6. The molecule has 2 fully saturated rings. The topological polar surface area (TPSA) is 222 Å². The van der Waals surface area contributed by atoms with Gasteiger partial charge in [0.25, 0.3) is 11.6 Å². The highest BCUT2D eigenvalue weighted by atomic mass is 16.8. The third-order valence-corrected chi connectivity index (χ3v) is 6.91. The Bertz CT molecular complexity index is 1650. The maximum absolute atomic E-state index is 12.4. The highest BCUT2D eigenvalue weighted by molar-refractivity contribution is 6.16. The summed E-state index contributed by atoms with van der Waals surface area (Å²) in [5.41, 5.74) is -1.71. The third-order valence-electron chi connectivity index (χ3n) is 6.91. The van der Waals surface area contributed by atoms with E-state index >= 15 is 0 Å². The van der Waals surface area contributed by atoms with Gasteiger partial charge in [-0.2, -0.15) is 0 Å². The lowest BCUT2D eigenvalue weighted by Crippen LogP contribution is -2.47. The molecule has 2 saturated heterocycles. The fourth-order valence-electron chi connectivity index (χ4n) is 4.05. The van der Waals surface area contributed by atoms with E-state index < -0.39 is 89.4 Å². The van der Waals surface area contributed by atoms with E-state index in [4.69, 9.17) is 37.9 Å². The highest BCUT2D eigenvalue weighted by Gasteiger charge is 2.44. The lowest BCUT2D eigenvalue weighted by atomic mass is 10.0. The van der Waals surface area contributed by atoms with Crippen LogP contribution in [0.1, 0.15) is 41.0 Å². The van der Waals surface area contributed by atoms with Crippen molar-refractivity contribution in [3.63, 3.8) is 0 Å². The van der Waals surface area contributed by atoms with Crippen LogP contribution in [-0.2, 0) is 66.7 Å². The summed E-state index contributed by atoms with van der Waals surface area (Å²) in [7, 11) is 0. The SMILES string of the molecule is CC(C)C1(C)OC(=O)C(=C/C=C/C=C/C2=C([O-])OC(CC3OC(=O)C(/C=C/C=C/C=C4C(=O)OC(C)(C)OC4=O)=C([O-])O3)OC2=O)C(=O)O1. The quantitative estimate of drug-likeness (QED) is 0.107. The maximum Gasteiger partial charge on any atom is 0.348 e. The van der Waals surface area contributed by atoms with Crippen molar-refractivity contribution in [1.82, 2.24) is 0 Å². The summed E-state index contributed by atoms with van der Waals surface area (Å²) in [6, 6.07) is 0. The smallest absolute Gasteiger partial charge is 0.348 e. The molecule has 0 radical (unpaired) electrons. The predicted molar refractivity (Wildman–Crippen MR) is 155 cm³/mol. The molecule has 16 nitrogen and oxygen atoms in total. The Morgan fingerprint density at radius 2 is 0.959 bits per heavy atom. The number of ether oxygens (including phenoxy) is 8. The molecular weight excluding hydrogens is 652 g/mol. The summed E-state index contributed by atoms with van der Waals surface area (Å²) in [5, 5.41) is 24.8. The minimum atomic E-state index is -1.56. The maximum atomic E-state index is 12.4. The molecule has 260 valence electrons. The Morgan fingerprint density at radius 3 is 1.33 bits per heavy atom. The molecule has 49 heavy (non-hydrogen) atoms. The van der Waals surface area contributed by atoms with E-state index in [1.807, 2.05) is 0 Å². The molecular formula is C33H30O16-2. The number of cyclic esters (lactones) is 6.